The van der Waals surface area contributed by atoms with E-state index in [1.807, 2.05) is 0 Å². The Morgan fingerprint density at radius 3 is 2.60 bits per heavy atom. The summed E-state index contributed by atoms with van der Waals surface area (Å²) >= 11 is 3.29. The van der Waals surface area contributed by atoms with Crippen molar-refractivity contribution in [3.05, 3.63) is 52.5 Å². The molecule has 3 N–H and O–H groups in total. The molecule has 2 amide bonds. The molecule has 0 bridgehead atoms. The quantitative estimate of drug-likeness (QED) is 0.767. The van der Waals surface area contributed by atoms with Crippen LogP contribution in [0.4, 0.5) is 0 Å². The Bertz CT molecular complexity index is 581. The van der Waals surface area contributed by atoms with Crippen LogP contribution in [0.25, 0.3) is 0 Å². The zero-order valence-corrected chi connectivity index (χ0v) is 12.1. The van der Waals surface area contributed by atoms with Crippen molar-refractivity contribution < 1.29 is 9.59 Å². The van der Waals surface area contributed by atoms with Gasteiger partial charge in [-0.1, -0.05) is 15.9 Å². The summed E-state index contributed by atoms with van der Waals surface area (Å²) in [6.07, 6.45) is 3.16. The van der Waals surface area contributed by atoms with Crippen LogP contribution >= 0.6 is 15.9 Å². The monoisotopic (exact) mass is 336 g/mol. The molecule has 2 rings (SSSR count). The van der Waals surface area contributed by atoms with Crippen LogP contribution in [-0.4, -0.2) is 28.3 Å². The van der Waals surface area contributed by atoms with Gasteiger partial charge in [-0.3, -0.25) is 9.59 Å². The first-order chi connectivity index (χ1) is 9.65. The molecular formula is C13H13BrN4O2. The van der Waals surface area contributed by atoms with Crippen LogP contribution < -0.4 is 10.6 Å². The summed E-state index contributed by atoms with van der Waals surface area (Å²) < 4.78 is 0.895. The smallest absolute Gasteiger partial charge is 0.251 e. The number of amides is 2. The Balaban J connectivity index is 1.75. The summed E-state index contributed by atoms with van der Waals surface area (Å²) in [5.74, 6) is -0.542. The van der Waals surface area contributed by atoms with E-state index in [1.54, 1.807) is 30.5 Å². The molecule has 7 heteroatoms. The maximum atomic E-state index is 11.8. The molecule has 0 unspecified atom stereocenters. The average Bonchev–Trinajstić information content (AvgIpc) is 2.96. The molecule has 0 aliphatic carbocycles. The summed E-state index contributed by atoms with van der Waals surface area (Å²) in [6.45, 7) is 0.288. The Labute approximate surface area is 124 Å². The van der Waals surface area contributed by atoms with Crippen LogP contribution in [0, 0.1) is 0 Å². The molecule has 0 radical (unpaired) electrons. The summed E-state index contributed by atoms with van der Waals surface area (Å²) in [5.41, 5.74) is 1.31. The number of halogens is 1. The molecule has 0 atom stereocenters. The minimum atomic E-state index is -0.283. The van der Waals surface area contributed by atoms with Gasteiger partial charge in [0.05, 0.1) is 25.1 Å². The van der Waals surface area contributed by atoms with Crippen molar-refractivity contribution in [1.29, 1.82) is 0 Å². The van der Waals surface area contributed by atoms with Crippen molar-refractivity contribution >= 4 is 27.7 Å². The van der Waals surface area contributed by atoms with Crippen LogP contribution in [0.2, 0.25) is 0 Å². The van der Waals surface area contributed by atoms with Gasteiger partial charge in [-0.15, -0.1) is 0 Å². The molecule has 0 aliphatic rings. The van der Waals surface area contributed by atoms with E-state index in [1.165, 1.54) is 6.33 Å². The number of benzene rings is 1. The highest BCUT2D eigenvalue weighted by Gasteiger charge is 2.07. The van der Waals surface area contributed by atoms with Crippen LogP contribution in [0.1, 0.15) is 16.1 Å². The first-order valence-corrected chi connectivity index (χ1v) is 6.72. The number of nitrogens with one attached hydrogen (secondary N) is 3. The van der Waals surface area contributed by atoms with Crippen LogP contribution in [0.3, 0.4) is 0 Å². The van der Waals surface area contributed by atoms with E-state index in [0.29, 0.717) is 12.1 Å². The van der Waals surface area contributed by atoms with Crippen LogP contribution in [-0.2, 0) is 11.3 Å². The van der Waals surface area contributed by atoms with Gasteiger partial charge in [0, 0.05) is 16.2 Å². The molecule has 0 aliphatic heterocycles. The van der Waals surface area contributed by atoms with Crippen molar-refractivity contribution in [1.82, 2.24) is 20.6 Å². The number of hydrogen-bond acceptors (Lipinski definition) is 3. The lowest BCUT2D eigenvalue weighted by molar-refractivity contribution is -0.120. The van der Waals surface area contributed by atoms with E-state index in [-0.39, 0.29) is 18.4 Å². The molecule has 1 aromatic carbocycles. The topological polar surface area (TPSA) is 86.9 Å². The zero-order valence-electron chi connectivity index (χ0n) is 10.5. The SMILES string of the molecule is O=C(CNC(=O)c1ccc(Br)cc1)NCc1cnc[nH]1. The minimum Gasteiger partial charge on any atom is -0.349 e. The Hall–Kier alpha value is -2.15. The van der Waals surface area contributed by atoms with Gasteiger partial charge in [0.15, 0.2) is 0 Å². The third-order valence-corrected chi connectivity index (χ3v) is 3.08. The van der Waals surface area contributed by atoms with Gasteiger partial charge < -0.3 is 15.6 Å². The summed E-state index contributed by atoms with van der Waals surface area (Å²) in [5, 5.41) is 5.22. The van der Waals surface area contributed by atoms with Gasteiger partial charge in [0.2, 0.25) is 5.91 Å². The molecule has 0 spiro atoms. The van der Waals surface area contributed by atoms with Crippen molar-refractivity contribution in [3.63, 3.8) is 0 Å². The molecule has 20 heavy (non-hydrogen) atoms. The van der Waals surface area contributed by atoms with Gasteiger partial charge in [0.1, 0.15) is 0 Å². The van der Waals surface area contributed by atoms with E-state index >= 15 is 0 Å². The number of nitrogens with zero attached hydrogens (tertiary/aromatic N) is 1. The third kappa shape index (κ3) is 4.20. The van der Waals surface area contributed by atoms with E-state index in [9.17, 15) is 9.59 Å². The van der Waals surface area contributed by atoms with Crippen molar-refractivity contribution in [2.75, 3.05) is 6.54 Å². The fraction of sp³-hybridized carbons (Fsp3) is 0.154. The molecule has 1 heterocycles. The maximum absolute atomic E-state index is 11.8. The average molecular weight is 337 g/mol. The Morgan fingerprint density at radius 1 is 1.20 bits per heavy atom. The third-order valence-electron chi connectivity index (χ3n) is 2.55. The van der Waals surface area contributed by atoms with Crippen molar-refractivity contribution in [2.45, 2.75) is 6.54 Å². The summed E-state index contributed by atoms with van der Waals surface area (Å²) in [4.78, 5) is 30.0. The maximum Gasteiger partial charge on any atom is 0.251 e. The first kappa shape index (κ1) is 14.3. The fourth-order valence-electron chi connectivity index (χ4n) is 1.50. The van der Waals surface area contributed by atoms with Crippen molar-refractivity contribution in [3.8, 4) is 0 Å². The number of aromatic nitrogens is 2. The second-order valence-corrected chi connectivity index (χ2v) is 4.96. The largest absolute Gasteiger partial charge is 0.349 e. The first-order valence-electron chi connectivity index (χ1n) is 5.93. The van der Waals surface area contributed by atoms with E-state index in [0.717, 1.165) is 10.2 Å². The number of imidazole rings is 1. The van der Waals surface area contributed by atoms with Gasteiger partial charge in [-0.05, 0) is 24.3 Å². The highest BCUT2D eigenvalue weighted by atomic mass is 79.9. The lowest BCUT2D eigenvalue weighted by Crippen LogP contribution is -2.36. The minimum absolute atomic E-state index is 0.0664. The Kier molecular flexibility index (Phi) is 4.89. The fourth-order valence-corrected chi connectivity index (χ4v) is 1.77. The number of hydrogen-bond donors (Lipinski definition) is 3. The molecular weight excluding hydrogens is 324 g/mol. The molecule has 0 saturated heterocycles. The normalized spacial score (nSPS) is 10.1. The standard InChI is InChI=1S/C13H13BrN4O2/c14-10-3-1-9(2-4-10)13(20)17-7-12(19)16-6-11-5-15-8-18-11/h1-5,8H,6-7H2,(H,15,18)(H,16,19)(H,17,20). The highest BCUT2D eigenvalue weighted by molar-refractivity contribution is 9.10. The molecule has 104 valence electrons. The molecule has 2 aromatic rings. The van der Waals surface area contributed by atoms with Gasteiger partial charge in [0.25, 0.3) is 5.91 Å². The van der Waals surface area contributed by atoms with E-state index in [2.05, 4.69) is 36.5 Å². The number of carbonyl (C=O) groups excluding carboxylic acids is 2. The van der Waals surface area contributed by atoms with Gasteiger partial charge in [-0.2, -0.15) is 0 Å². The lowest BCUT2D eigenvalue weighted by atomic mass is 10.2. The number of rotatable bonds is 5. The van der Waals surface area contributed by atoms with Crippen LogP contribution in [0.15, 0.2) is 41.3 Å². The summed E-state index contributed by atoms with van der Waals surface area (Å²) in [6, 6.07) is 6.91. The second-order valence-electron chi connectivity index (χ2n) is 4.04. The highest BCUT2D eigenvalue weighted by Crippen LogP contribution is 2.10. The summed E-state index contributed by atoms with van der Waals surface area (Å²) in [7, 11) is 0. The molecule has 1 aromatic heterocycles. The van der Waals surface area contributed by atoms with E-state index < -0.39 is 0 Å². The molecule has 0 saturated carbocycles. The second kappa shape index (κ2) is 6.85. The Morgan fingerprint density at radius 2 is 1.95 bits per heavy atom. The van der Waals surface area contributed by atoms with Gasteiger partial charge >= 0.3 is 0 Å². The van der Waals surface area contributed by atoms with E-state index in [4.69, 9.17) is 0 Å². The molecule has 6 nitrogen and oxygen atoms in total. The predicted octanol–water partition coefficient (Wildman–Crippen LogP) is 1.22. The lowest BCUT2D eigenvalue weighted by Gasteiger charge is -2.06. The zero-order chi connectivity index (χ0) is 14.4. The van der Waals surface area contributed by atoms with Crippen LogP contribution in [0.5, 0.6) is 0 Å². The predicted molar refractivity (Wildman–Crippen MR) is 76.9 cm³/mol. The molecule has 0 fully saturated rings. The van der Waals surface area contributed by atoms with Gasteiger partial charge in [-0.25, -0.2) is 4.98 Å². The van der Waals surface area contributed by atoms with Crippen molar-refractivity contribution in [2.24, 2.45) is 0 Å². The number of H-pyrrole nitrogens is 1. The number of aromatic amines is 1. The number of carbonyl (C=O) groups is 2.